The van der Waals surface area contributed by atoms with Crippen molar-refractivity contribution in [3.05, 3.63) is 65.7 Å². The lowest BCUT2D eigenvalue weighted by atomic mass is 10.1. The van der Waals surface area contributed by atoms with Crippen LogP contribution in [0.5, 0.6) is 0 Å². The van der Waals surface area contributed by atoms with Crippen LogP contribution in [0.1, 0.15) is 20.7 Å². The fraction of sp³-hybridized carbons (Fsp3) is 0. The quantitative estimate of drug-likeness (QED) is 0.861. The summed E-state index contributed by atoms with van der Waals surface area (Å²) in [5.41, 5.74) is 6.63. The van der Waals surface area contributed by atoms with Crippen molar-refractivity contribution >= 4 is 17.5 Å². The first-order chi connectivity index (χ1) is 8.66. The van der Waals surface area contributed by atoms with Gasteiger partial charge in [-0.15, -0.1) is 0 Å². The first-order valence-corrected chi connectivity index (χ1v) is 5.43. The molecular formula is C14H12N2O2. The average Bonchev–Trinajstić information content (AvgIpc) is 2.40. The molecule has 2 rings (SSSR count). The Morgan fingerprint density at radius 1 is 0.889 bits per heavy atom. The van der Waals surface area contributed by atoms with E-state index < -0.39 is 5.91 Å². The van der Waals surface area contributed by atoms with Crippen LogP contribution in [0.3, 0.4) is 0 Å². The molecule has 0 radical (unpaired) electrons. The van der Waals surface area contributed by atoms with Gasteiger partial charge in [0, 0.05) is 16.8 Å². The van der Waals surface area contributed by atoms with Gasteiger partial charge in [-0.25, -0.2) is 0 Å². The van der Waals surface area contributed by atoms with Gasteiger partial charge in [-0.2, -0.15) is 0 Å². The Morgan fingerprint density at radius 3 is 2.22 bits per heavy atom. The van der Waals surface area contributed by atoms with Gasteiger partial charge < -0.3 is 11.1 Å². The molecule has 0 aliphatic heterocycles. The highest BCUT2D eigenvalue weighted by molar-refractivity contribution is 6.05. The predicted octanol–water partition coefficient (Wildman–Crippen LogP) is 2.04. The molecule has 0 heterocycles. The highest BCUT2D eigenvalue weighted by Gasteiger charge is 2.06. The summed E-state index contributed by atoms with van der Waals surface area (Å²) >= 11 is 0. The Hall–Kier alpha value is -2.62. The highest BCUT2D eigenvalue weighted by atomic mass is 16.2. The Kier molecular flexibility index (Phi) is 3.38. The minimum absolute atomic E-state index is 0.225. The van der Waals surface area contributed by atoms with E-state index in [2.05, 4.69) is 5.32 Å². The topological polar surface area (TPSA) is 72.2 Å². The minimum Gasteiger partial charge on any atom is -0.366 e. The monoisotopic (exact) mass is 240 g/mol. The lowest BCUT2D eigenvalue weighted by Crippen LogP contribution is -2.14. The number of nitrogens with one attached hydrogen (secondary N) is 1. The second kappa shape index (κ2) is 5.14. The van der Waals surface area contributed by atoms with Gasteiger partial charge in [-0.3, -0.25) is 9.59 Å². The van der Waals surface area contributed by atoms with Crippen molar-refractivity contribution in [3.8, 4) is 0 Å². The Balaban J connectivity index is 2.17. The van der Waals surface area contributed by atoms with Crippen LogP contribution < -0.4 is 11.1 Å². The van der Waals surface area contributed by atoms with Crippen LogP contribution in [0.4, 0.5) is 5.69 Å². The van der Waals surface area contributed by atoms with Crippen molar-refractivity contribution in [2.45, 2.75) is 0 Å². The molecule has 0 aromatic heterocycles. The maximum absolute atomic E-state index is 11.9. The molecule has 0 saturated carbocycles. The lowest BCUT2D eigenvalue weighted by Gasteiger charge is -2.06. The summed E-state index contributed by atoms with van der Waals surface area (Å²) in [6.45, 7) is 0. The predicted molar refractivity (Wildman–Crippen MR) is 69.4 cm³/mol. The number of primary amides is 1. The van der Waals surface area contributed by atoms with Crippen molar-refractivity contribution < 1.29 is 9.59 Å². The molecule has 0 spiro atoms. The van der Waals surface area contributed by atoms with Crippen molar-refractivity contribution in [3.63, 3.8) is 0 Å². The van der Waals surface area contributed by atoms with Gasteiger partial charge in [-0.1, -0.05) is 24.3 Å². The van der Waals surface area contributed by atoms with Crippen molar-refractivity contribution in [2.24, 2.45) is 5.73 Å². The zero-order valence-electron chi connectivity index (χ0n) is 9.59. The van der Waals surface area contributed by atoms with Crippen LogP contribution in [0.25, 0.3) is 0 Å². The summed E-state index contributed by atoms with van der Waals surface area (Å²) in [5, 5.41) is 2.71. The van der Waals surface area contributed by atoms with Gasteiger partial charge in [0.1, 0.15) is 0 Å². The van der Waals surface area contributed by atoms with Crippen molar-refractivity contribution in [1.82, 2.24) is 0 Å². The van der Waals surface area contributed by atoms with Crippen LogP contribution in [-0.2, 0) is 0 Å². The number of benzene rings is 2. The Labute approximate surface area is 104 Å². The molecular weight excluding hydrogens is 228 g/mol. The fourth-order valence-corrected chi connectivity index (χ4v) is 1.54. The average molecular weight is 240 g/mol. The Bertz CT molecular complexity index is 579. The fourth-order valence-electron chi connectivity index (χ4n) is 1.54. The van der Waals surface area contributed by atoms with E-state index in [1.165, 1.54) is 0 Å². The standard InChI is InChI=1S/C14H12N2O2/c15-13(17)11-7-4-8-12(9-11)16-14(18)10-5-2-1-3-6-10/h1-9H,(H2,15,17)(H,16,18). The molecule has 3 N–H and O–H groups in total. The summed E-state index contributed by atoms with van der Waals surface area (Å²) in [4.78, 5) is 22.9. The third kappa shape index (κ3) is 2.74. The summed E-state index contributed by atoms with van der Waals surface area (Å²) in [6.07, 6.45) is 0. The van der Waals surface area contributed by atoms with Gasteiger partial charge in [0.25, 0.3) is 5.91 Å². The number of rotatable bonds is 3. The van der Waals surface area contributed by atoms with Gasteiger partial charge in [0.15, 0.2) is 0 Å². The summed E-state index contributed by atoms with van der Waals surface area (Å²) in [6, 6.07) is 15.4. The number of nitrogens with two attached hydrogens (primary N) is 1. The molecule has 0 atom stereocenters. The van der Waals surface area contributed by atoms with Gasteiger partial charge >= 0.3 is 0 Å². The van der Waals surface area contributed by atoms with Gasteiger partial charge in [0.2, 0.25) is 5.91 Å². The highest BCUT2D eigenvalue weighted by Crippen LogP contribution is 2.11. The van der Waals surface area contributed by atoms with E-state index in [1.807, 2.05) is 6.07 Å². The smallest absolute Gasteiger partial charge is 0.255 e. The zero-order chi connectivity index (χ0) is 13.0. The molecule has 2 aromatic carbocycles. The SMILES string of the molecule is NC(=O)c1cccc(NC(=O)c2ccccc2)c1. The third-order valence-corrected chi connectivity index (χ3v) is 2.44. The van der Waals surface area contributed by atoms with E-state index >= 15 is 0 Å². The molecule has 0 unspecified atom stereocenters. The van der Waals surface area contributed by atoms with E-state index in [-0.39, 0.29) is 5.91 Å². The number of amides is 2. The number of hydrogen-bond acceptors (Lipinski definition) is 2. The van der Waals surface area contributed by atoms with Crippen molar-refractivity contribution in [2.75, 3.05) is 5.32 Å². The molecule has 2 aromatic rings. The largest absolute Gasteiger partial charge is 0.366 e. The van der Waals surface area contributed by atoms with Gasteiger partial charge in [-0.05, 0) is 30.3 Å². The maximum atomic E-state index is 11.9. The molecule has 0 aliphatic carbocycles. The van der Waals surface area contributed by atoms with Crippen molar-refractivity contribution in [1.29, 1.82) is 0 Å². The molecule has 2 amide bonds. The van der Waals surface area contributed by atoms with Gasteiger partial charge in [0.05, 0.1) is 0 Å². The number of hydrogen-bond donors (Lipinski definition) is 2. The molecule has 0 aliphatic rings. The number of carbonyl (C=O) groups is 2. The molecule has 4 heteroatoms. The van der Waals surface area contributed by atoms with Crippen LogP contribution in [0.2, 0.25) is 0 Å². The molecule has 4 nitrogen and oxygen atoms in total. The molecule has 0 saturated heterocycles. The molecule has 90 valence electrons. The first-order valence-electron chi connectivity index (χ1n) is 5.43. The van der Waals surface area contributed by atoms with Crippen LogP contribution in [0, 0.1) is 0 Å². The second-order valence-corrected chi connectivity index (χ2v) is 3.77. The molecule has 0 fully saturated rings. The zero-order valence-corrected chi connectivity index (χ0v) is 9.59. The van der Waals surface area contributed by atoms with Crippen LogP contribution >= 0.6 is 0 Å². The van der Waals surface area contributed by atoms with E-state index in [0.29, 0.717) is 16.8 Å². The maximum Gasteiger partial charge on any atom is 0.255 e. The minimum atomic E-state index is -0.522. The normalized spacial score (nSPS) is 9.78. The van der Waals surface area contributed by atoms with E-state index in [9.17, 15) is 9.59 Å². The number of carbonyl (C=O) groups excluding carboxylic acids is 2. The summed E-state index contributed by atoms with van der Waals surface area (Å²) in [5.74, 6) is -0.747. The molecule has 0 bridgehead atoms. The first kappa shape index (κ1) is 11.9. The molecule has 18 heavy (non-hydrogen) atoms. The summed E-state index contributed by atoms with van der Waals surface area (Å²) in [7, 11) is 0. The lowest BCUT2D eigenvalue weighted by molar-refractivity contribution is 0.0996. The second-order valence-electron chi connectivity index (χ2n) is 3.77. The van der Waals surface area contributed by atoms with Crippen LogP contribution in [-0.4, -0.2) is 11.8 Å². The Morgan fingerprint density at radius 2 is 1.56 bits per heavy atom. The number of anilines is 1. The van der Waals surface area contributed by atoms with Crippen LogP contribution in [0.15, 0.2) is 54.6 Å². The summed E-state index contributed by atoms with van der Waals surface area (Å²) < 4.78 is 0. The van der Waals surface area contributed by atoms with E-state index in [0.717, 1.165) is 0 Å². The van der Waals surface area contributed by atoms with E-state index in [4.69, 9.17) is 5.73 Å². The van der Waals surface area contributed by atoms with E-state index in [1.54, 1.807) is 48.5 Å². The third-order valence-electron chi connectivity index (χ3n) is 2.44.